The van der Waals surface area contributed by atoms with Gasteiger partial charge in [0, 0.05) is 21.4 Å². The summed E-state index contributed by atoms with van der Waals surface area (Å²) in [5, 5.41) is 22.0. The third-order valence-electron chi connectivity index (χ3n) is 4.92. The van der Waals surface area contributed by atoms with E-state index in [2.05, 4.69) is 25.5 Å². The first-order chi connectivity index (χ1) is 17.1. The molecular formula is C24H16N6O3S2. The minimum atomic E-state index is -0.539. The lowest BCUT2D eigenvalue weighted by atomic mass is 10.2. The fourth-order valence-corrected chi connectivity index (χ4v) is 4.90. The maximum Gasteiger partial charge on any atom is 0.345 e. The van der Waals surface area contributed by atoms with Gasteiger partial charge < -0.3 is 0 Å². The standard InChI is InChI=1S/C24H16N6O3S2/c31-23(27-24-26-14-22(35-24)30(32)33)18-6-1-2-7-21(18)34-16-9-10-17-19(28-29-20(17)13-16)11-8-15-5-3-4-12-25-15/h1-14H,(H,28,29)(H,26,27,31)/b11-8+. The molecule has 0 saturated carbocycles. The lowest BCUT2D eigenvalue weighted by Crippen LogP contribution is -2.12. The van der Waals surface area contributed by atoms with Gasteiger partial charge in [0.15, 0.2) is 5.13 Å². The molecular weight excluding hydrogens is 484 g/mol. The van der Waals surface area contributed by atoms with Crippen molar-refractivity contribution in [3.63, 3.8) is 0 Å². The van der Waals surface area contributed by atoms with E-state index < -0.39 is 4.92 Å². The number of nitro groups is 1. The van der Waals surface area contributed by atoms with E-state index >= 15 is 0 Å². The Morgan fingerprint density at radius 3 is 2.74 bits per heavy atom. The van der Waals surface area contributed by atoms with Crippen molar-refractivity contribution in [2.75, 3.05) is 5.32 Å². The number of carbonyl (C=O) groups is 1. The van der Waals surface area contributed by atoms with Gasteiger partial charge >= 0.3 is 5.00 Å². The van der Waals surface area contributed by atoms with Gasteiger partial charge in [0.2, 0.25) is 0 Å². The Morgan fingerprint density at radius 1 is 1.09 bits per heavy atom. The third-order valence-corrected chi connectivity index (χ3v) is 6.85. The van der Waals surface area contributed by atoms with Crippen LogP contribution < -0.4 is 5.32 Å². The van der Waals surface area contributed by atoms with Crippen LogP contribution in [0.1, 0.15) is 21.7 Å². The summed E-state index contributed by atoms with van der Waals surface area (Å²) >= 11 is 2.25. The van der Waals surface area contributed by atoms with Crippen molar-refractivity contribution >= 4 is 62.2 Å². The van der Waals surface area contributed by atoms with Crippen molar-refractivity contribution in [3.8, 4) is 0 Å². The molecule has 0 bridgehead atoms. The number of H-pyrrole nitrogens is 1. The molecule has 2 aromatic carbocycles. The number of carbonyl (C=O) groups excluding carboxylic acids is 1. The zero-order valence-electron chi connectivity index (χ0n) is 17.9. The van der Waals surface area contributed by atoms with Crippen LogP contribution in [0.3, 0.4) is 0 Å². The summed E-state index contributed by atoms with van der Waals surface area (Å²) in [6.07, 6.45) is 6.69. The minimum Gasteiger partial charge on any atom is -0.298 e. The van der Waals surface area contributed by atoms with Gasteiger partial charge in [0.25, 0.3) is 5.91 Å². The average molecular weight is 501 g/mol. The van der Waals surface area contributed by atoms with Crippen LogP contribution >= 0.6 is 23.1 Å². The lowest BCUT2D eigenvalue weighted by molar-refractivity contribution is -0.380. The molecule has 0 unspecified atom stereocenters. The van der Waals surface area contributed by atoms with Gasteiger partial charge in [-0.1, -0.05) is 30.0 Å². The van der Waals surface area contributed by atoms with Crippen molar-refractivity contribution in [2.45, 2.75) is 9.79 Å². The van der Waals surface area contributed by atoms with Gasteiger partial charge in [-0.15, -0.1) is 0 Å². The number of nitrogens with zero attached hydrogens (tertiary/aromatic N) is 4. The van der Waals surface area contributed by atoms with Crippen LogP contribution in [0, 0.1) is 10.1 Å². The van der Waals surface area contributed by atoms with Gasteiger partial charge in [-0.25, -0.2) is 4.98 Å². The summed E-state index contributed by atoms with van der Waals surface area (Å²) in [5.74, 6) is -0.387. The maximum atomic E-state index is 12.9. The van der Waals surface area contributed by atoms with E-state index in [0.717, 1.165) is 49.6 Å². The van der Waals surface area contributed by atoms with Crippen LogP contribution in [-0.2, 0) is 0 Å². The van der Waals surface area contributed by atoms with E-state index in [0.29, 0.717) is 5.56 Å². The molecule has 0 fully saturated rings. The van der Waals surface area contributed by atoms with Gasteiger partial charge in [-0.2, -0.15) is 5.10 Å². The van der Waals surface area contributed by atoms with E-state index in [1.54, 1.807) is 18.3 Å². The molecule has 3 aromatic heterocycles. The quantitative estimate of drug-likeness (QED) is 0.210. The molecule has 0 radical (unpaired) electrons. The van der Waals surface area contributed by atoms with Crippen LogP contribution in [0.5, 0.6) is 0 Å². The van der Waals surface area contributed by atoms with Crippen molar-refractivity contribution in [3.05, 3.63) is 100 Å². The highest BCUT2D eigenvalue weighted by Crippen LogP contribution is 2.33. The minimum absolute atomic E-state index is 0.134. The van der Waals surface area contributed by atoms with Gasteiger partial charge in [0.05, 0.1) is 27.4 Å². The summed E-state index contributed by atoms with van der Waals surface area (Å²) in [5.41, 5.74) is 2.96. The molecule has 9 nitrogen and oxygen atoms in total. The highest BCUT2D eigenvalue weighted by Gasteiger charge is 2.17. The number of pyridine rings is 1. The number of benzene rings is 2. The van der Waals surface area contributed by atoms with Crippen LogP contribution in [0.4, 0.5) is 10.1 Å². The normalized spacial score (nSPS) is 11.2. The number of rotatable bonds is 7. The molecule has 0 spiro atoms. The monoisotopic (exact) mass is 500 g/mol. The fourth-order valence-electron chi connectivity index (χ4n) is 3.29. The second-order valence-electron chi connectivity index (χ2n) is 7.22. The van der Waals surface area contributed by atoms with E-state index in [4.69, 9.17) is 0 Å². The Bertz CT molecular complexity index is 1560. The molecule has 0 aliphatic rings. The molecule has 3 heterocycles. The van der Waals surface area contributed by atoms with E-state index in [9.17, 15) is 14.9 Å². The van der Waals surface area contributed by atoms with Crippen LogP contribution in [0.15, 0.2) is 82.8 Å². The van der Waals surface area contributed by atoms with Crippen molar-refractivity contribution in [2.24, 2.45) is 0 Å². The molecule has 0 saturated heterocycles. The number of anilines is 1. The fraction of sp³-hybridized carbons (Fsp3) is 0. The smallest absolute Gasteiger partial charge is 0.298 e. The molecule has 172 valence electrons. The summed E-state index contributed by atoms with van der Waals surface area (Å²) < 4.78 is 0. The number of nitrogens with one attached hydrogen (secondary N) is 2. The Labute approximate surface area is 207 Å². The van der Waals surface area contributed by atoms with E-state index in [1.807, 2.05) is 60.7 Å². The predicted octanol–water partition coefficient (Wildman–Crippen LogP) is 5.90. The maximum absolute atomic E-state index is 12.9. The Kier molecular flexibility index (Phi) is 6.33. The predicted molar refractivity (Wildman–Crippen MR) is 137 cm³/mol. The number of aromatic nitrogens is 4. The van der Waals surface area contributed by atoms with Crippen LogP contribution in [0.2, 0.25) is 0 Å². The van der Waals surface area contributed by atoms with E-state index in [1.165, 1.54) is 11.8 Å². The number of thiazole rings is 1. The molecule has 0 aliphatic heterocycles. The van der Waals surface area contributed by atoms with E-state index in [-0.39, 0.29) is 16.0 Å². The summed E-state index contributed by atoms with van der Waals surface area (Å²) in [6.45, 7) is 0. The Balaban J connectivity index is 1.35. The SMILES string of the molecule is O=C(Nc1ncc([N+](=O)[O-])s1)c1ccccc1Sc1ccc2c(/C=C/c3ccccn3)n[nH]c2c1. The summed E-state index contributed by atoms with van der Waals surface area (Å²) in [7, 11) is 0. The number of aromatic amines is 1. The molecule has 1 amide bonds. The molecule has 5 rings (SSSR count). The number of amides is 1. The van der Waals surface area contributed by atoms with Crippen molar-refractivity contribution in [1.82, 2.24) is 20.2 Å². The lowest BCUT2D eigenvalue weighted by Gasteiger charge is -2.08. The van der Waals surface area contributed by atoms with Gasteiger partial charge in [0.1, 0.15) is 6.20 Å². The molecule has 35 heavy (non-hydrogen) atoms. The number of fused-ring (bicyclic) bond motifs is 1. The first kappa shape index (κ1) is 22.4. The van der Waals surface area contributed by atoms with Gasteiger partial charge in [-0.3, -0.25) is 30.3 Å². The highest BCUT2D eigenvalue weighted by molar-refractivity contribution is 7.99. The first-order valence-corrected chi connectivity index (χ1v) is 12.0. The second kappa shape index (κ2) is 9.87. The highest BCUT2D eigenvalue weighted by atomic mass is 32.2. The van der Waals surface area contributed by atoms with Crippen LogP contribution in [0.25, 0.3) is 23.1 Å². The first-order valence-electron chi connectivity index (χ1n) is 10.3. The summed E-state index contributed by atoms with van der Waals surface area (Å²) in [4.78, 5) is 33.0. The molecule has 0 atom stereocenters. The summed E-state index contributed by atoms with van der Waals surface area (Å²) in [6, 6.07) is 18.8. The van der Waals surface area contributed by atoms with Crippen molar-refractivity contribution < 1.29 is 9.72 Å². The topological polar surface area (TPSA) is 127 Å². The second-order valence-corrected chi connectivity index (χ2v) is 9.34. The largest absolute Gasteiger partial charge is 0.345 e. The van der Waals surface area contributed by atoms with Crippen LogP contribution in [-0.4, -0.2) is 31.0 Å². The average Bonchev–Trinajstić information content (AvgIpc) is 3.50. The zero-order valence-corrected chi connectivity index (χ0v) is 19.5. The van der Waals surface area contributed by atoms with Gasteiger partial charge in [-0.05, 0) is 66.0 Å². The third kappa shape index (κ3) is 5.10. The Hall–Kier alpha value is -4.35. The molecule has 11 heteroatoms. The molecule has 0 aliphatic carbocycles. The van der Waals surface area contributed by atoms with Crippen molar-refractivity contribution in [1.29, 1.82) is 0 Å². The molecule has 2 N–H and O–H groups in total. The zero-order chi connectivity index (χ0) is 24.2. The number of hydrogen-bond donors (Lipinski definition) is 2. The number of hydrogen-bond acceptors (Lipinski definition) is 8. The Morgan fingerprint density at radius 2 is 1.94 bits per heavy atom. The molecule has 5 aromatic rings.